The number of benzene rings is 2. The van der Waals surface area contributed by atoms with E-state index in [9.17, 15) is 14.7 Å². The molecule has 0 saturated carbocycles. The molecule has 0 radical (unpaired) electrons. The number of anilines is 1. The molecule has 0 aliphatic rings. The van der Waals surface area contributed by atoms with Crippen molar-refractivity contribution in [1.82, 2.24) is 0 Å². The third-order valence-electron chi connectivity index (χ3n) is 4.04. The van der Waals surface area contributed by atoms with Crippen LogP contribution in [0.3, 0.4) is 0 Å². The van der Waals surface area contributed by atoms with E-state index in [1.165, 1.54) is 38.0 Å². The normalized spacial score (nSPS) is 10.9. The second-order valence-electron chi connectivity index (χ2n) is 6.20. The van der Waals surface area contributed by atoms with Crippen LogP contribution in [0.4, 0.5) is 5.69 Å². The van der Waals surface area contributed by atoms with Gasteiger partial charge in [-0.25, -0.2) is 4.79 Å². The lowest BCUT2D eigenvalue weighted by Crippen LogP contribution is -2.12. The third kappa shape index (κ3) is 5.10. The van der Waals surface area contributed by atoms with Crippen molar-refractivity contribution in [3.8, 4) is 11.5 Å². The number of carbonyl (C=O) groups excluding carboxylic acids is 1. The summed E-state index contributed by atoms with van der Waals surface area (Å²) in [6.45, 7) is 4.23. The average Bonchev–Trinajstić information content (AvgIpc) is 2.66. The van der Waals surface area contributed by atoms with Crippen molar-refractivity contribution in [1.29, 1.82) is 0 Å². The van der Waals surface area contributed by atoms with E-state index in [0.29, 0.717) is 11.7 Å². The van der Waals surface area contributed by atoms with Crippen molar-refractivity contribution in [2.24, 2.45) is 0 Å². The summed E-state index contributed by atoms with van der Waals surface area (Å²) < 4.78 is 10.3. The summed E-state index contributed by atoms with van der Waals surface area (Å²) in [7, 11) is 2.85. The maximum atomic E-state index is 12.2. The molecule has 0 saturated heterocycles. The van der Waals surface area contributed by atoms with Crippen molar-refractivity contribution in [3.63, 3.8) is 0 Å². The Bertz CT molecular complexity index is 854. The number of ether oxygens (including phenoxy) is 2. The van der Waals surface area contributed by atoms with Crippen molar-refractivity contribution >= 4 is 23.6 Å². The highest BCUT2D eigenvalue weighted by Crippen LogP contribution is 2.33. The molecular weight excluding hydrogens is 346 g/mol. The van der Waals surface area contributed by atoms with Crippen LogP contribution in [0.25, 0.3) is 6.08 Å². The second-order valence-corrected chi connectivity index (χ2v) is 6.20. The molecular formula is C21H23NO5. The van der Waals surface area contributed by atoms with Crippen LogP contribution in [0, 0.1) is 0 Å². The number of methoxy groups -OCH3 is 2. The summed E-state index contributed by atoms with van der Waals surface area (Å²) in [5, 5.41) is 12.0. The molecule has 0 spiro atoms. The average molecular weight is 369 g/mol. The first-order valence-electron chi connectivity index (χ1n) is 8.44. The van der Waals surface area contributed by atoms with Crippen molar-refractivity contribution in [2.45, 2.75) is 19.8 Å². The smallest absolute Gasteiger partial charge is 0.337 e. The van der Waals surface area contributed by atoms with Gasteiger partial charge in [-0.2, -0.15) is 0 Å². The van der Waals surface area contributed by atoms with Crippen LogP contribution < -0.4 is 14.8 Å². The Balaban J connectivity index is 2.20. The lowest BCUT2D eigenvalue weighted by atomic mass is 10.0. The SMILES string of the molecule is COc1cc(NC(=O)/C=C/c2ccc(C(C)C)cc2)c(C(=O)O)cc1OC. The van der Waals surface area contributed by atoms with Gasteiger partial charge in [0, 0.05) is 18.2 Å². The Hall–Kier alpha value is -3.28. The fourth-order valence-corrected chi connectivity index (χ4v) is 2.50. The standard InChI is InChI=1S/C21H23NO5/c1-13(2)15-8-5-14(6-9-15)7-10-20(23)22-17-12-19(27-4)18(26-3)11-16(17)21(24)25/h5-13H,1-4H3,(H,22,23)(H,24,25)/b10-7+. The zero-order valence-electron chi connectivity index (χ0n) is 15.8. The van der Waals surface area contributed by atoms with E-state index >= 15 is 0 Å². The van der Waals surface area contributed by atoms with Gasteiger partial charge in [-0.1, -0.05) is 38.1 Å². The summed E-state index contributed by atoms with van der Waals surface area (Å²) in [6.07, 6.45) is 3.02. The predicted octanol–water partition coefficient (Wildman–Crippen LogP) is 4.18. The maximum absolute atomic E-state index is 12.2. The second kappa shape index (κ2) is 8.89. The number of hydrogen-bond acceptors (Lipinski definition) is 4. The minimum Gasteiger partial charge on any atom is -0.493 e. The van der Waals surface area contributed by atoms with Gasteiger partial charge < -0.3 is 19.9 Å². The van der Waals surface area contributed by atoms with E-state index in [2.05, 4.69) is 19.2 Å². The number of hydrogen-bond donors (Lipinski definition) is 2. The van der Waals surface area contributed by atoms with E-state index < -0.39 is 11.9 Å². The zero-order chi connectivity index (χ0) is 20.0. The van der Waals surface area contributed by atoms with Crippen LogP contribution >= 0.6 is 0 Å². The zero-order valence-corrected chi connectivity index (χ0v) is 15.8. The molecule has 0 aliphatic carbocycles. The van der Waals surface area contributed by atoms with Gasteiger partial charge in [0.1, 0.15) is 0 Å². The quantitative estimate of drug-likeness (QED) is 0.715. The predicted molar refractivity (Wildman–Crippen MR) is 105 cm³/mol. The van der Waals surface area contributed by atoms with Crippen molar-refractivity contribution in [2.75, 3.05) is 19.5 Å². The third-order valence-corrected chi connectivity index (χ3v) is 4.04. The van der Waals surface area contributed by atoms with Gasteiger partial charge in [0.05, 0.1) is 25.5 Å². The van der Waals surface area contributed by atoms with Gasteiger partial charge in [-0.05, 0) is 23.1 Å². The Kier molecular flexibility index (Phi) is 6.60. The van der Waals surface area contributed by atoms with Gasteiger partial charge in [-0.15, -0.1) is 0 Å². The van der Waals surface area contributed by atoms with Gasteiger partial charge in [-0.3, -0.25) is 4.79 Å². The fourth-order valence-electron chi connectivity index (χ4n) is 2.50. The molecule has 2 N–H and O–H groups in total. The molecule has 142 valence electrons. The molecule has 0 bridgehead atoms. The summed E-state index contributed by atoms with van der Waals surface area (Å²) in [5.74, 6) is -0.595. The first-order chi connectivity index (χ1) is 12.8. The molecule has 0 aliphatic heterocycles. The minimum atomic E-state index is -1.18. The maximum Gasteiger partial charge on any atom is 0.337 e. The summed E-state index contributed by atoms with van der Waals surface area (Å²) in [6, 6.07) is 10.6. The Morgan fingerprint density at radius 3 is 2.15 bits per heavy atom. The molecule has 6 nitrogen and oxygen atoms in total. The van der Waals surface area contributed by atoms with Gasteiger partial charge in [0.15, 0.2) is 11.5 Å². The highest BCUT2D eigenvalue weighted by atomic mass is 16.5. The summed E-state index contributed by atoms with van der Waals surface area (Å²) >= 11 is 0. The van der Waals surface area contributed by atoms with Crippen LogP contribution in [-0.2, 0) is 4.79 Å². The van der Waals surface area contributed by atoms with Crippen LogP contribution in [-0.4, -0.2) is 31.2 Å². The van der Waals surface area contributed by atoms with E-state index in [1.807, 2.05) is 24.3 Å². The summed E-state index contributed by atoms with van der Waals surface area (Å²) in [5.41, 5.74) is 2.13. The number of rotatable bonds is 7. The van der Waals surface area contributed by atoms with Gasteiger partial charge in [0.2, 0.25) is 5.91 Å². The van der Waals surface area contributed by atoms with E-state index in [0.717, 1.165) is 5.56 Å². The monoisotopic (exact) mass is 369 g/mol. The molecule has 0 atom stereocenters. The first kappa shape index (κ1) is 20.0. The topological polar surface area (TPSA) is 84.9 Å². The molecule has 2 aromatic carbocycles. The molecule has 0 unspecified atom stereocenters. The molecule has 0 heterocycles. The number of carboxylic acid groups (broad SMARTS) is 1. The van der Waals surface area contributed by atoms with Crippen LogP contribution in [0.1, 0.15) is 41.3 Å². The number of amides is 1. The largest absolute Gasteiger partial charge is 0.493 e. The highest BCUT2D eigenvalue weighted by molar-refractivity contribution is 6.06. The molecule has 2 aromatic rings. The number of nitrogens with one attached hydrogen (secondary N) is 1. The van der Waals surface area contributed by atoms with E-state index in [1.54, 1.807) is 6.08 Å². The molecule has 6 heteroatoms. The lowest BCUT2D eigenvalue weighted by Gasteiger charge is -2.13. The molecule has 1 amide bonds. The molecule has 2 rings (SSSR count). The highest BCUT2D eigenvalue weighted by Gasteiger charge is 2.17. The van der Waals surface area contributed by atoms with Crippen molar-refractivity contribution in [3.05, 3.63) is 59.2 Å². The van der Waals surface area contributed by atoms with Gasteiger partial charge >= 0.3 is 5.97 Å². The Morgan fingerprint density at radius 1 is 1.04 bits per heavy atom. The van der Waals surface area contributed by atoms with Gasteiger partial charge in [0.25, 0.3) is 0 Å². The van der Waals surface area contributed by atoms with Crippen LogP contribution in [0.2, 0.25) is 0 Å². The summed E-state index contributed by atoms with van der Waals surface area (Å²) in [4.78, 5) is 23.7. The lowest BCUT2D eigenvalue weighted by molar-refractivity contribution is -0.111. The van der Waals surface area contributed by atoms with Crippen molar-refractivity contribution < 1.29 is 24.2 Å². The first-order valence-corrected chi connectivity index (χ1v) is 8.44. The van der Waals surface area contributed by atoms with Crippen LogP contribution in [0.15, 0.2) is 42.5 Å². The number of aromatic carboxylic acids is 1. The molecule has 27 heavy (non-hydrogen) atoms. The molecule has 0 aromatic heterocycles. The fraction of sp³-hybridized carbons (Fsp3) is 0.238. The number of carbonyl (C=O) groups is 2. The van der Waals surface area contributed by atoms with E-state index in [4.69, 9.17) is 9.47 Å². The molecule has 0 fully saturated rings. The Morgan fingerprint density at radius 2 is 1.63 bits per heavy atom. The van der Waals surface area contributed by atoms with Crippen LogP contribution in [0.5, 0.6) is 11.5 Å². The number of carboxylic acids is 1. The van der Waals surface area contributed by atoms with E-state index in [-0.39, 0.29) is 17.0 Å². The Labute approximate surface area is 158 Å². The minimum absolute atomic E-state index is 0.0873.